The summed E-state index contributed by atoms with van der Waals surface area (Å²) in [6, 6.07) is 16.7. The van der Waals surface area contributed by atoms with E-state index in [0.717, 1.165) is 23.3 Å². The van der Waals surface area contributed by atoms with Crippen LogP contribution in [0.4, 0.5) is 0 Å². The second-order valence-corrected chi connectivity index (χ2v) is 7.44. The van der Waals surface area contributed by atoms with Crippen LogP contribution in [0.5, 0.6) is 0 Å². The van der Waals surface area contributed by atoms with E-state index in [0.29, 0.717) is 16.9 Å². The summed E-state index contributed by atoms with van der Waals surface area (Å²) in [7, 11) is 0. The van der Waals surface area contributed by atoms with Crippen molar-refractivity contribution in [1.29, 1.82) is 5.26 Å². The van der Waals surface area contributed by atoms with Crippen LogP contribution in [0.25, 0.3) is 0 Å². The molecule has 146 valence electrons. The van der Waals surface area contributed by atoms with E-state index in [4.69, 9.17) is 10.00 Å². The van der Waals surface area contributed by atoms with Crippen molar-refractivity contribution >= 4 is 23.6 Å². The van der Waals surface area contributed by atoms with Gasteiger partial charge in [-0.3, -0.25) is 4.79 Å². The lowest BCUT2D eigenvalue weighted by Gasteiger charge is -2.13. The monoisotopic (exact) mass is 396 g/mol. The first-order valence-corrected chi connectivity index (χ1v) is 10.2. The van der Waals surface area contributed by atoms with Gasteiger partial charge in [0.25, 0.3) is 5.91 Å². The number of ether oxygens (including phenoxy) is 1. The largest absolute Gasteiger partial charge is 0.452 e. The predicted octanol–water partition coefficient (Wildman–Crippen LogP) is 4.31. The number of hydrogen-bond acceptors (Lipinski definition) is 5. The molecule has 5 nitrogen and oxygen atoms in total. The standard InChI is InChI=1S/C22H24N2O3S/c1-3-6-16(2)24-21(25)14-27-22(26)19-7-4-5-8-20(19)28-15-18-11-9-17(13-23)10-12-18/h4-5,7-12,16H,3,6,14-15H2,1-2H3,(H,24,25)/t16-/m1/s1. The fraction of sp³-hybridized carbons (Fsp3) is 0.318. The Labute approximate surface area is 170 Å². The number of amides is 1. The van der Waals surface area contributed by atoms with Gasteiger partial charge >= 0.3 is 5.97 Å². The van der Waals surface area contributed by atoms with Crippen molar-refractivity contribution in [3.05, 3.63) is 65.2 Å². The first kappa shape index (κ1) is 21.5. The highest BCUT2D eigenvalue weighted by atomic mass is 32.2. The van der Waals surface area contributed by atoms with E-state index in [1.54, 1.807) is 24.3 Å². The second kappa shape index (κ2) is 11.2. The first-order chi connectivity index (χ1) is 13.5. The number of rotatable bonds is 9. The van der Waals surface area contributed by atoms with Gasteiger partial charge in [0.2, 0.25) is 0 Å². The zero-order valence-electron chi connectivity index (χ0n) is 16.1. The van der Waals surface area contributed by atoms with Crippen LogP contribution in [-0.2, 0) is 15.3 Å². The zero-order chi connectivity index (χ0) is 20.4. The quantitative estimate of drug-likeness (QED) is 0.505. The molecule has 0 unspecified atom stereocenters. The maximum atomic E-state index is 12.4. The van der Waals surface area contributed by atoms with Gasteiger partial charge in [0.1, 0.15) is 0 Å². The molecule has 0 spiro atoms. The molecule has 0 aliphatic rings. The van der Waals surface area contributed by atoms with Crippen LogP contribution in [0.15, 0.2) is 53.4 Å². The predicted molar refractivity (Wildman–Crippen MR) is 110 cm³/mol. The Kier molecular flexibility index (Phi) is 8.57. The third-order valence-corrected chi connectivity index (χ3v) is 5.19. The normalized spacial score (nSPS) is 11.3. The van der Waals surface area contributed by atoms with Gasteiger partial charge in [0, 0.05) is 16.7 Å². The number of hydrogen-bond donors (Lipinski definition) is 1. The van der Waals surface area contributed by atoms with Crippen LogP contribution < -0.4 is 5.32 Å². The Balaban J connectivity index is 1.93. The molecule has 0 heterocycles. The molecular weight excluding hydrogens is 372 g/mol. The van der Waals surface area contributed by atoms with Gasteiger partial charge < -0.3 is 10.1 Å². The van der Waals surface area contributed by atoms with E-state index in [1.165, 1.54) is 11.8 Å². The van der Waals surface area contributed by atoms with Gasteiger partial charge in [-0.05, 0) is 43.2 Å². The molecule has 6 heteroatoms. The molecule has 2 aromatic carbocycles. The van der Waals surface area contributed by atoms with Gasteiger partial charge in [-0.25, -0.2) is 4.79 Å². The zero-order valence-corrected chi connectivity index (χ0v) is 16.9. The number of carbonyl (C=O) groups is 2. The number of nitrogens with one attached hydrogen (secondary N) is 1. The molecule has 1 N–H and O–H groups in total. The molecule has 28 heavy (non-hydrogen) atoms. The number of esters is 1. The van der Waals surface area contributed by atoms with E-state index < -0.39 is 5.97 Å². The molecule has 2 aromatic rings. The molecule has 1 atom stereocenters. The molecule has 0 bridgehead atoms. The minimum absolute atomic E-state index is 0.0615. The van der Waals surface area contributed by atoms with Gasteiger partial charge in [-0.2, -0.15) is 5.26 Å². The van der Waals surface area contributed by atoms with E-state index in [-0.39, 0.29) is 18.6 Å². The van der Waals surface area contributed by atoms with Crippen LogP contribution in [0.1, 0.15) is 48.2 Å². The number of thioether (sulfide) groups is 1. The molecule has 1 amide bonds. The van der Waals surface area contributed by atoms with E-state index in [9.17, 15) is 9.59 Å². The summed E-state index contributed by atoms with van der Waals surface area (Å²) in [5, 5.41) is 11.7. The Morgan fingerprint density at radius 2 is 1.89 bits per heavy atom. The van der Waals surface area contributed by atoms with Crippen molar-refractivity contribution in [2.45, 2.75) is 43.4 Å². The summed E-state index contributed by atoms with van der Waals surface area (Å²) >= 11 is 1.51. The number of nitriles is 1. The average molecular weight is 397 g/mol. The molecule has 0 saturated carbocycles. The second-order valence-electron chi connectivity index (χ2n) is 6.43. The summed E-state index contributed by atoms with van der Waals surface area (Å²) in [5.74, 6) is -0.149. The van der Waals surface area contributed by atoms with Crippen molar-refractivity contribution in [3.63, 3.8) is 0 Å². The average Bonchev–Trinajstić information content (AvgIpc) is 2.71. The van der Waals surface area contributed by atoms with Crippen LogP contribution in [0.2, 0.25) is 0 Å². The van der Waals surface area contributed by atoms with Crippen molar-refractivity contribution in [3.8, 4) is 6.07 Å². The van der Waals surface area contributed by atoms with Gasteiger partial charge in [0.05, 0.1) is 17.2 Å². The molecule has 0 saturated heterocycles. The Hall–Kier alpha value is -2.78. The van der Waals surface area contributed by atoms with E-state index in [1.807, 2.05) is 31.2 Å². The Bertz CT molecular complexity index is 844. The molecule has 0 radical (unpaired) electrons. The van der Waals surface area contributed by atoms with Crippen LogP contribution in [-0.4, -0.2) is 24.5 Å². The van der Waals surface area contributed by atoms with Crippen molar-refractivity contribution in [2.24, 2.45) is 0 Å². The lowest BCUT2D eigenvalue weighted by molar-refractivity contribution is -0.124. The lowest BCUT2D eigenvalue weighted by Crippen LogP contribution is -2.35. The highest BCUT2D eigenvalue weighted by Gasteiger charge is 2.15. The van der Waals surface area contributed by atoms with Crippen molar-refractivity contribution in [1.82, 2.24) is 5.32 Å². The molecular formula is C22H24N2O3S. The molecule has 0 aliphatic carbocycles. The highest BCUT2D eigenvalue weighted by Crippen LogP contribution is 2.27. The Morgan fingerprint density at radius 3 is 2.57 bits per heavy atom. The number of nitrogens with zero attached hydrogens (tertiary/aromatic N) is 1. The van der Waals surface area contributed by atoms with Crippen LogP contribution in [0.3, 0.4) is 0 Å². The van der Waals surface area contributed by atoms with Crippen LogP contribution >= 0.6 is 11.8 Å². The van der Waals surface area contributed by atoms with E-state index in [2.05, 4.69) is 18.3 Å². The third-order valence-electron chi connectivity index (χ3n) is 4.05. The molecule has 0 fully saturated rings. The van der Waals surface area contributed by atoms with Gasteiger partial charge in [-0.1, -0.05) is 37.6 Å². The lowest BCUT2D eigenvalue weighted by atomic mass is 10.2. The summed E-state index contributed by atoms with van der Waals surface area (Å²) in [6.45, 7) is 3.69. The number of carbonyl (C=O) groups excluding carboxylic acids is 2. The summed E-state index contributed by atoms with van der Waals surface area (Å²) < 4.78 is 5.19. The third kappa shape index (κ3) is 6.75. The fourth-order valence-corrected chi connectivity index (χ4v) is 3.62. The molecule has 2 rings (SSSR count). The molecule has 0 aromatic heterocycles. The van der Waals surface area contributed by atoms with Crippen LogP contribution in [0, 0.1) is 11.3 Å². The minimum atomic E-state index is -0.513. The minimum Gasteiger partial charge on any atom is -0.452 e. The Morgan fingerprint density at radius 1 is 1.18 bits per heavy atom. The van der Waals surface area contributed by atoms with E-state index >= 15 is 0 Å². The molecule has 0 aliphatic heterocycles. The van der Waals surface area contributed by atoms with Crippen molar-refractivity contribution < 1.29 is 14.3 Å². The fourth-order valence-electron chi connectivity index (χ4n) is 2.63. The first-order valence-electron chi connectivity index (χ1n) is 9.20. The van der Waals surface area contributed by atoms with Gasteiger partial charge in [-0.15, -0.1) is 11.8 Å². The summed E-state index contributed by atoms with van der Waals surface area (Å²) in [4.78, 5) is 25.1. The summed E-state index contributed by atoms with van der Waals surface area (Å²) in [6.07, 6.45) is 1.86. The van der Waals surface area contributed by atoms with Gasteiger partial charge in [0.15, 0.2) is 6.61 Å². The smallest absolute Gasteiger partial charge is 0.339 e. The highest BCUT2D eigenvalue weighted by molar-refractivity contribution is 7.98. The maximum Gasteiger partial charge on any atom is 0.339 e. The number of benzene rings is 2. The van der Waals surface area contributed by atoms with Crippen molar-refractivity contribution in [2.75, 3.05) is 6.61 Å². The topological polar surface area (TPSA) is 79.2 Å². The SMILES string of the molecule is CCC[C@@H](C)NC(=O)COC(=O)c1ccccc1SCc1ccc(C#N)cc1. The maximum absolute atomic E-state index is 12.4. The summed E-state index contributed by atoms with van der Waals surface area (Å²) in [5.41, 5.74) is 2.11.